The van der Waals surface area contributed by atoms with Crippen molar-refractivity contribution in [1.29, 1.82) is 0 Å². The van der Waals surface area contributed by atoms with Gasteiger partial charge in [-0.2, -0.15) is 0 Å². The monoisotopic (exact) mass is 444 g/mol. The van der Waals surface area contributed by atoms with Crippen LogP contribution in [0.4, 0.5) is 5.82 Å². The van der Waals surface area contributed by atoms with Gasteiger partial charge in [0, 0.05) is 50.0 Å². The first kappa shape index (κ1) is 21.0. The van der Waals surface area contributed by atoms with Gasteiger partial charge in [0.25, 0.3) is 5.91 Å². The van der Waals surface area contributed by atoms with Crippen LogP contribution in [0, 0.1) is 0 Å². The number of nitrogens with two attached hydrogens (primary N) is 1. The largest absolute Gasteiger partial charge is 0.382 e. The van der Waals surface area contributed by atoms with Crippen LogP contribution in [0.1, 0.15) is 17.3 Å². The van der Waals surface area contributed by atoms with Crippen LogP contribution in [-0.4, -0.2) is 77.8 Å². The van der Waals surface area contributed by atoms with E-state index in [1.165, 1.54) is 11.1 Å². The molecule has 0 aromatic carbocycles. The number of anilines is 1. The van der Waals surface area contributed by atoms with Crippen LogP contribution in [0.5, 0.6) is 0 Å². The van der Waals surface area contributed by atoms with Crippen LogP contribution < -0.4 is 5.73 Å². The number of nitrogens with zero attached hydrogens (tertiary/aromatic N) is 7. The van der Waals surface area contributed by atoms with Crippen LogP contribution in [0.3, 0.4) is 0 Å². The fourth-order valence-corrected chi connectivity index (χ4v) is 4.04. The van der Waals surface area contributed by atoms with E-state index < -0.39 is 6.23 Å². The quantitative estimate of drug-likeness (QED) is 0.485. The van der Waals surface area contributed by atoms with Gasteiger partial charge >= 0.3 is 0 Å². The number of likely N-dealkylation sites (N-methyl/N-ethyl adjacent to an activating group) is 1. The number of carbonyl (C=O) groups is 1. The molecular weight excluding hydrogens is 420 g/mol. The number of piperazine rings is 1. The van der Waals surface area contributed by atoms with Crippen molar-refractivity contribution >= 4 is 17.4 Å². The zero-order valence-corrected chi connectivity index (χ0v) is 18.2. The molecule has 0 spiro atoms. The Hall–Kier alpha value is -3.89. The Morgan fingerprint density at radius 1 is 1.12 bits per heavy atom. The average molecular weight is 444 g/mol. The minimum absolute atomic E-state index is 0.231. The SMILES string of the molecule is CCN1CCN(C(=O)c2ccc(-c3cnc4c(-c5ccccn5)c(N)nn4c3)nc2)C(O)C1. The van der Waals surface area contributed by atoms with Crippen LogP contribution in [0.25, 0.3) is 28.2 Å². The summed E-state index contributed by atoms with van der Waals surface area (Å²) in [5.41, 5.74) is 9.92. The number of hydrogen-bond acceptors (Lipinski definition) is 8. The lowest BCUT2D eigenvalue weighted by molar-refractivity contribution is -0.0386. The Labute approximate surface area is 190 Å². The Morgan fingerprint density at radius 2 is 2.00 bits per heavy atom. The van der Waals surface area contributed by atoms with Crippen molar-refractivity contribution in [2.45, 2.75) is 13.2 Å². The molecule has 0 radical (unpaired) electrons. The van der Waals surface area contributed by atoms with E-state index in [0.29, 0.717) is 47.1 Å². The molecule has 4 aromatic heterocycles. The van der Waals surface area contributed by atoms with E-state index in [0.717, 1.165) is 18.7 Å². The summed E-state index contributed by atoms with van der Waals surface area (Å²) in [6.07, 6.45) is 5.89. The summed E-state index contributed by atoms with van der Waals surface area (Å²) in [5.74, 6) is 0.111. The molecule has 10 heteroatoms. The summed E-state index contributed by atoms with van der Waals surface area (Å²) >= 11 is 0. The number of hydrogen-bond donors (Lipinski definition) is 2. The van der Waals surface area contributed by atoms with Gasteiger partial charge in [0.15, 0.2) is 11.5 Å². The molecule has 1 fully saturated rings. The molecule has 5 heterocycles. The molecule has 4 aromatic rings. The highest BCUT2D eigenvalue weighted by Gasteiger charge is 2.29. The Balaban J connectivity index is 1.39. The van der Waals surface area contributed by atoms with E-state index >= 15 is 0 Å². The molecule has 1 atom stereocenters. The van der Waals surface area contributed by atoms with Crippen molar-refractivity contribution in [3.05, 3.63) is 60.7 Å². The van der Waals surface area contributed by atoms with E-state index in [2.05, 4.69) is 25.0 Å². The molecule has 1 unspecified atom stereocenters. The number of aromatic nitrogens is 5. The molecule has 1 aliphatic heterocycles. The first-order valence-electron chi connectivity index (χ1n) is 10.8. The third-order valence-electron chi connectivity index (χ3n) is 5.87. The predicted octanol–water partition coefficient (Wildman–Crippen LogP) is 1.53. The molecule has 3 N–H and O–H groups in total. The van der Waals surface area contributed by atoms with E-state index in [1.54, 1.807) is 35.2 Å². The van der Waals surface area contributed by atoms with Gasteiger partial charge < -0.3 is 15.7 Å². The zero-order valence-electron chi connectivity index (χ0n) is 18.2. The van der Waals surface area contributed by atoms with Gasteiger partial charge in [-0.05, 0) is 30.8 Å². The first-order valence-corrected chi connectivity index (χ1v) is 10.8. The number of rotatable bonds is 4. The number of carbonyl (C=O) groups excluding carboxylic acids is 1. The van der Waals surface area contributed by atoms with Crippen molar-refractivity contribution in [2.24, 2.45) is 0 Å². The minimum atomic E-state index is -0.823. The second-order valence-corrected chi connectivity index (χ2v) is 7.89. The number of aliphatic hydroxyl groups excluding tert-OH is 1. The van der Waals surface area contributed by atoms with Crippen LogP contribution in [0.15, 0.2) is 55.1 Å². The summed E-state index contributed by atoms with van der Waals surface area (Å²) in [5, 5.41) is 14.7. The van der Waals surface area contributed by atoms with E-state index in [-0.39, 0.29) is 5.91 Å². The van der Waals surface area contributed by atoms with Crippen molar-refractivity contribution in [3.63, 3.8) is 0 Å². The van der Waals surface area contributed by atoms with Gasteiger partial charge in [-0.25, -0.2) is 9.50 Å². The van der Waals surface area contributed by atoms with Gasteiger partial charge in [-0.1, -0.05) is 13.0 Å². The molecule has 1 amide bonds. The van der Waals surface area contributed by atoms with Gasteiger partial charge in [0.1, 0.15) is 6.23 Å². The standard InChI is InChI=1S/C23H24N8O2/c1-2-29-9-10-30(19(32)14-29)23(33)15-6-7-17(26-11-15)16-12-27-22-20(18-5-3-4-8-25-18)21(24)28-31(22)13-16/h3-8,11-13,19,32H,2,9-10,14H2,1H3,(H2,24,28). The molecule has 0 bridgehead atoms. The number of fused-ring (bicyclic) bond motifs is 1. The van der Waals surface area contributed by atoms with Gasteiger partial charge in [0.05, 0.1) is 22.5 Å². The lowest BCUT2D eigenvalue weighted by Crippen LogP contribution is -2.55. The first-order chi connectivity index (χ1) is 16.0. The molecule has 10 nitrogen and oxygen atoms in total. The fourth-order valence-electron chi connectivity index (χ4n) is 4.04. The summed E-state index contributed by atoms with van der Waals surface area (Å²) in [4.78, 5) is 29.8. The number of β-amino-alcohol motifs (C(OH)–C–C–N with tert-alkyl or cyclic N) is 1. The number of amides is 1. The van der Waals surface area contributed by atoms with Gasteiger partial charge in [-0.3, -0.25) is 19.7 Å². The number of pyridine rings is 2. The van der Waals surface area contributed by atoms with Crippen molar-refractivity contribution in [2.75, 3.05) is 31.9 Å². The van der Waals surface area contributed by atoms with E-state index in [4.69, 9.17) is 5.73 Å². The van der Waals surface area contributed by atoms with E-state index in [9.17, 15) is 9.90 Å². The fraction of sp³-hybridized carbons (Fsp3) is 0.261. The smallest absolute Gasteiger partial charge is 0.257 e. The summed E-state index contributed by atoms with van der Waals surface area (Å²) in [6, 6.07) is 9.05. The molecule has 5 rings (SSSR count). The van der Waals surface area contributed by atoms with E-state index in [1.807, 2.05) is 25.1 Å². The molecule has 33 heavy (non-hydrogen) atoms. The lowest BCUT2D eigenvalue weighted by atomic mass is 10.1. The third kappa shape index (κ3) is 3.90. The van der Waals surface area contributed by atoms with Crippen LogP contribution in [0.2, 0.25) is 0 Å². The molecule has 0 saturated carbocycles. The highest BCUT2D eigenvalue weighted by molar-refractivity contribution is 5.94. The summed E-state index contributed by atoms with van der Waals surface area (Å²) in [7, 11) is 0. The van der Waals surface area contributed by atoms with Gasteiger partial charge in [-0.15, -0.1) is 5.10 Å². The Kier molecular flexibility index (Phi) is 5.45. The maximum atomic E-state index is 12.9. The second kappa shape index (κ2) is 8.57. The molecule has 1 saturated heterocycles. The third-order valence-corrected chi connectivity index (χ3v) is 5.87. The second-order valence-electron chi connectivity index (χ2n) is 7.89. The van der Waals surface area contributed by atoms with Gasteiger partial charge in [0.2, 0.25) is 0 Å². The zero-order chi connectivity index (χ0) is 22.9. The number of nitrogen functional groups attached to an aromatic ring is 1. The Bertz CT molecular complexity index is 1290. The molecule has 0 aliphatic carbocycles. The highest BCUT2D eigenvalue weighted by Crippen LogP contribution is 2.28. The van der Waals surface area contributed by atoms with Crippen LogP contribution >= 0.6 is 0 Å². The highest BCUT2D eigenvalue weighted by atomic mass is 16.3. The summed E-state index contributed by atoms with van der Waals surface area (Å²) < 4.78 is 1.61. The summed E-state index contributed by atoms with van der Waals surface area (Å²) in [6.45, 7) is 4.56. The lowest BCUT2D eigenvalue weighted by Gasteiger charge is -2.38. The topological polar surface area (TPSA) is 126 Å². The normalized spacial score (nSPS) is 16.9. The van der Waals surface area contributed by atoms with Crippen molar-refractivity contribution in [1.82, 2.24) is 34.4 Å². The van der Waals surface area contributed by atoms with Crippen LogP contribution in [-0.2, 0) is 0 Å². The predicted molar refractivity (Wildman–Crippen MR) is 123 cm³/mol. The maximum absolute atomic E-state index is 12.9. The van der Waals surface area contributed by atoms with Crippen molar-refractivity contribution < 1.29 is 9.90 Å². The maximum Gasteiger partial charge on any atom is 0.257 e. The average Bonchev–Trinajstić information content (AvgIpc) is 3.19. The molecular formula is C23H24N8O2. The number of aliphatic hydroxyl groups is 1. The molecule has 168 valence electrons. The van der Waals surface area contributed by atoms with Crippen molar-refractivity contribution in [3.8, 4) is 22.5 Å². The minimum Gasteiger partial charge on any atom is -0.382 e. The molecule has 1 aliphatic rings. The Morgan fingerprint density at radius 3 is 2.70 bits per heavy atom.